The zero-order valence-corrected chi connectivity index (χ0v) is 15.5. The molecule has 1 atom stereocenters. The summed E-state index contributed by atoms with van der Waals surface area (Å²) in [5, 5.41) is 4.83. The molecule has 27 heavy (non-hydrogen) atoms. The van der Waals surface area contributed by atoms with Crippen LogP contribution in [0.4, 0.5) is 5.69 Å². The predicted molar refractivity (Wildman–Crippen MR) is 102 cm³/mol. The maximum Gasteiger partial charge on any atom is 0.156 e. The third kappa shape index (κ3) is 3.57. The molecule has 2 fully saturated rings. The van der Waals surface area contributed by atoms with Crippen molar-refractivity contribution >= 4 is 11.3 Å². The minimum absolute atomic E-state index is 0.386. The van der Waals surface area contributed by atoms with Crippen LogP contribution in [-0.4, -0.2) is 58.9 Å². The van der Waals surface area contributed by atoms with E-state index in [1.807, 2.05) is 16.8 Å². The Morgan fingerprint density at radius 2 is 2.04 bits per heavy atom. The van der Waals surface area contributed by atoms with E-state index in [2.05, 4.69) is 28.1 Å². The molecule has 3 aromatic heterocycles. The van der Waals surface area contributed by atoms with Crippen molar-refractivity contribution in [1.29, 1.82) is 0 Å². The maximum absolute atomic E-state index is 5.45. The molecule has 1 unspecified atom stereocenters. The Morgan fingerprint density at radius 3 is 2.89 bits per heavy atom. The fourth-order valence-electron chi connectivity index (χ4n) is 4.12. The van der Waals surface area contributed by atoms with E-state index in [4.69, 9.17) is 19.2 Å². The SMILES string of the molecule is c1cc(CN2CCCC(c3nc4ccc(N5CCOCC5)cn4n3)C2)co1. The number of ether oxygens (including phenoxy) is 1. The number of hydrogen-bond acceptors (Lipinski definition) is 6. The van der Waals surface area contributed by atoms with Crippen LogP contribution in [0.5, 0.6) is 0 Å². The zero-order chi connectivity index (χ0) is 18.1. The first-order valence-corrected chi connectivity index (χ1v) is 9.77. The van der Waals surface area contributed by atoms with E-state index in [1.165, 1.54) is 17.7 Å². The van der Waals surface area contributed by atoms with Crippen LogP contribution in [-0.2, 0) is 11.3 Å². The lowest BCUT2D eigenvalue weighted by molar-refractivity contribution is 0.122. The monoisotopic (exact) mass is 367 g/mol. The number of fused-ring (bicyclic) bond motifs is 1. The number of likely N-dealkylation sites (tertiary alicyclic amines) is 1. The van der Waals surface area contributed by atoms with Crippen LogP contribution in [0.25, 0.3) is 5.65 Å². The van der Waals surface area contributed by atoms with E-state index in [0.29, 0.717) is 5.92 Å². The number of piperidine rings is 1. The highest BCUT2D eigenvalue weighted by atomic mass is 16.5. The van der Waals surface area contributed by atoms with Gasteiger partial charge in [-0.15, -0.1) is 0 Å². The average Bonchev–Trinajstić information content (AvgIpc) is 3.38. The van der Waals surface area contributed by atoms with Crippen molar-refractivity contribution in [2.24, 2.45) is 0 Å². The molecule has 7 heteroatoms. The van der Waals surface area contributed by atoms with Gasteiger partial charge in [-0.1, -0.05) is 0 Å². The standard InChI is InChI=1S/C20H25N5O2/c1-2-17(13-23(6-1)12-16-5-9-27-15-16)20-21-19-4-3-18(14-25(19)22-20)24-7-10-26-11-8-24/h3-5,9,14-15,17H,1-2,6-8,10-13H2. The molecule has 0 aromatic carbocycles. The van der Waals surface area contributed by atoms with Gasteiger partial charge in [0.1, 0.15) is 0 Å². The highest BCUT2D eigenvalue weighted by Gasteiger charge is 2.25. The lowest BCUT2D eigenvalue weighted by atomic mass is 9.97. The number of pyridine rings is 1. The van der Waals surface area contributed by atoms with E-state index in [-0.39, 0.29) is 0 Å². The Balaban J connectivity index is 1.33. The van der Waals surface area contributed by atoms with Gasteiger partial charge in [-0.05, 0) is 37.6 Å². The second kappa shape index (κ2) is 7.32. The van der Waals surface area contributed by atoms with Crippen molar-refractivity contribution in [3.63, 3.8) is 0 Å². The molecular weight excluding hydrogens is 342 g/mol. The predicted octanol–water partition coefficient (Wildman–Crippen LogP) is 2.54. The molecule has 0 aliphatic carbocycles. The van der Waals surface area contributed by atoms with Crippen molar-refractivity contribution in [3.05, 3.63) is 48.3 Å². The highest BCUT2D eigenvalue weighted by molar-refractivity contribution is 5.51. The number of nitrogens with zero attached hydrogens (tertiary/aromatic N) is 5. The molecular formula is C20H25N5O2. The van der Waals surface area contributed by atoms with Crippen LogP contribution >= 0.6 is 0 Å². The van der Waals surface area contributed by atoms with Gasteiger partial charge in [-0.3, -0.25) is 4.90 Å². The molecule has 2 aliphatic rings. The number of morpholine rings is 1. The van der Waals surface area contributed by atoms with Crippen LogP contribution in [0.3, 0.4) is 0 Å². The average molecular weight is 367 g/mol. The third-order valence-corrected chi connectivity index (χ3v) is 5.56. The molecule has 0 spiro atoms. The van der Waals surface area contributed by atoms with Crippen molar-refractivity contribution in [2.45, 2.75) is 25.3 Å². The van der Waals surface area contributed by atoms with E-state index < -0.39 is 0 Å². The first-order chi connectivity index (χ1) is 13.3. The Bertz CT molecular complexity index is 885. The second-order valence-corrected chi connectivity index (χ2v) is 7.47. The van der Waals surface area contributed by atoms with E-state index >= 15 is 0 Å². The summed E-state index contributed by atoms with van der Waals surface area (Å²) in [5.41, 5.74) is 3.34. The molecule has 2 aliphatic heterocycles. The topological polar surface area (TPSA) is 59.0 Å². The van der Waals surface area contributed by atoms with Gasteiger partial charge in [0.05, 0.1) is 37.6 Å². The second-order valence-electron chi connectivity index (χ2n) is 7.47. The quantitative estimate of drug-likeness (QED) is 0.706. The van der Waals surface area contributed by atoms with Gasteiger partial charge in [-0.25, -0.2) is 9.50 Å². The maximum atomic E-state index is 5.45. The highest BCUT2D eigenvalue weighted by Crippen LogP contribution is 2.27. The van der Waals surface area contributed by atoms with Crippen LogP contribution in [0, 0.1) is 0 Å². The van der Waals surface area contributed by atoms with Crippen LogP contribution in [0.15, 0.2) is 41.3 Å². The summed E-state index contributed by atoms with van der Waals surface area (Å²) in [5.74, 6) is 1.35. The lowest BCUT2D eigenvalue weighted by Crippen LogP contribution is -2.36. The number of aromatic nitrogens is 3. The molecule has 0 radical (unpaired) electrons. The Morgan fingerprint density at radius 1 is 1.11 bits per heavy atom. The Kier molecular flexibility index (Phi) is 4.55. The van der Waals surface area contributed by atoms with Crippen LogP contribution < -0.4 is 4.90 Å². The molecule has 142 valence electrons. The van der Waals surface area contributed by atoms with Crippen LogP contribution in [0.1, 0.15) is 30.1 Å². The van der Waals surface area contributed by atoms with Gasteiger partial charge in [0, 0.05) is 37.7 Å². The van der Waals surface area contributed by atoms with E-state index in [1.54, 1.807) is 6.26 Å². The first kappa shape index (κ1) is 16.8. The largest absolute Gasteiger partial charge is 0.472 e. The molecule has 7 nitrogen and oxygen atoms in total. The smallest absolute Gasteiger partial charge is 0.156 e. The number of furan rings is 1. The molecule has 0 saturated carbocycles. The van der Waals surface area contributed by atoms with Gasteiger partial charge in [0.15, 0.2) is 11.5 Å². The molecule has 0 bridgehead atoms. The summed E-state index contributed by atoms with van der Waals surface area (Å²) in [6, 6.07) is 6.26. The van der Waals surface area contributed by atoms with Gasteiger partial charge in [-0.2, -0.15) is 5.10 Å². The van der Waals surface area contributed by atoms with Crippen molar-refractivity contribution in [1.82, 2.24) is 19.5 Å². The van der Waals surface area contributed by atoms with Gasteiger partial charge < -0.3 is 14.1 Å². The first-order valence-electron chi connectivity index (χ1n) is 9.77. The summed E-state index contributed by atoms with van der Waals surface area (Å²) in [7, 11) is 0. The van der Waals surface area contributed by atoms with Gasteiger partial charge in [0.25, 0.3) is 0 Å². The Hall–Kier alpha value is -2.38. The Labute approximate surface area is 158 Å². The molecule has 5 heterocycles. The van der Waals surface area contributed by atoms with Gasteiger partial charge >= 0.3 is 0 Å². The summed E-state index contributed by atoms with van der Waals surface area (Å²) < 4.78 is 12.6. The third-order valence-electron chi connectivity index (χ3n) is 5.56. The van der Waals surface area contributed by atoms with Crippen LogP contribution in [0.2, 0.25) is 0 Å². The summed E-state index contributed by atoms with van der Waals surface area (Å²) in [6.07, 6.45) is 8.00. The van der Waals surface area contributed by atoms with Crippen molar-refractivity contribution in [3.8, 4) is 0 Å². The fourth-order valence-corrected chi connectivity index (χ4v) is 4.12. The normalized spacial score (nSPS) is 21.8. The minimum Gasteiger partial charge on any atom is -0.472 e. The summed E-state index contributed by atoms with van der Waals surface area (Å²) in [4.78, 5) is 9.64. The number of hydrogen-bond donors (Lipinski definition) is 0. The van der Waals surface area contributed by atoms with Gasteiger partial charge in [0.2, 0.25) is 0 Å². The van der Waals surface area contributed by atoms with Crippen molar-refractivity contribution in [2.75, 3.05) is 44.3 Å². The fraction of sp³-hybridized carbons (Fsp3) is 0.500. The molecule has 0 amide bonds. The zero-order valence-electron chi connectivity index (χ0n) is 15.5. The van der Waals surface area contributed by atoms with E-state index in [9.17, 15) is 0 Å². The molecule has 5 rings (SSSR count). The molecule has 3 aromatic rings. The summed E-state index contributed by atoms with van der Waals surface area (Å²) in [6.45, 7) is 6.48. The minimum atomic E-state index is 0.386. The summed E-state index contributed by atoms with van der Waals surface area (Å²) >= 11 is 0. The molecule has 2 saturated heterocycles. The lowest BCUT2D eigenvalue weighted by Gasteiger charge is -2.30. The van der Waals surface area contributed by atoms with Crippen molar-refractivity contribution < 1.29 is 9.15 Å². The molecule has 0 N–H and O–H groups in total. The number of anilines is 1. The number of rotatable bonds is 4. The van der Waals surface area contributed by atoms with E-state index in [0.717, 1.165) is 63.8 Å².